The maximum absolute atomic E-state index is 13.6. The molecule has 178 valence electrons. The van der Waals surface area contributed by atoms with Crippen molar-refractivity contribution in [3.05, 3.63) is 77.2 Å². The first-order chi connectivity index (χ1) is 16.0. The van der Waals surface area contributed by atoms with E-state index < -0.39 is 29.4 Å². The zero-order valence-corrected chi connectivity index (χ0v) is 17.3. The lowest BCUT2D eigenvalue weighted by Crippen LogP contribution is -2.07. The monoisotopic (exact) mass is 484 g/mol. The Morgan fingerprint density at radius 2 is 1.56 bits per heavy atom. The van der Waals surface area contributed by atoms with Gasteiger partial charge in [0.1, 0.15) is 12.4 Å². The van der Waals surface area contributed by atoms with E-state index in [0.717, 1.165) is 28.9 Å². The fraction of sp³-hybridized carbons (Fsp3) is 0.182. The van der Waals surface area contributed by atoms with E-state index in [0.29, 0.717) is 5.56 Å². The smallest absolute Gasteiger partial charge is 0.435 e. The molecule has 1 N–H and O–H groups in total. The molecule has 0 radical (unpaired) electrons. The predicted octanol–water partition coefficient (Wildman–Crippen LogP) is 6.22. The molecule has 2 aromatic carbocycles. The van der Waals surface area contributed by atoms with Gasteiger partial charge in [-0.25, -0.2) is 9.07 Å². The van der Waals surface area contributed by atoms with Crippen LogP contribution in [0.3, 0.4) is 0 Å². The number of halogens is 7. The van der Waals surface area contributed by atoms with Crippen LogP contribution < -0.4 is 10.1 Å². The summed E-state index contributed by atoms with van der Waals surface area (Å²) in [5.41, 5.74) is -1.57. The highest BCUT2D eigenvalue weighted by molar-refractivity contribution is 5.85. The summed E-state index contributed by atoms with van der Waals surface area (Å²) in [5.74, 6) is -0.672. The Kier molecular flexibility index (Phi) is 5.84. The molecule has 4 rings (SSSR count). The molecule has 4 aromatic rings. The molecule has 0 aliphatic carbocycles. The second kappa shape index (κ2) is 8.50. The van der Waals surface area contributed by atoms with E-state index in [1.54, 1.807) is 0 Å². The van der Waals surface area contributed by atoms with E-state index in [-0.39, 0.29) is 34.9 Å². The Labute approximate surface area is 187 Å². The highest BCUT2D eigenvalue weighted by atomic mass is 19.4. The Hall–Kier alpha value is -3.83. The summed E-state index contributed by atoms with van der Waals surface area (Å²) < 4.78 is 99.0. The van der Waals surface area contributed by atoms with Crippen LogP contribution in [-0.2, 0) is 19.0 Å². The third-order valence-electron chi connectivity index (χ3n) is 4.89. The quantitative estimate of drug-likeness (QED) is 0.342. The largest absolute Gasteiger partial charge is 0.471 e. The number of alkyl halides is 6. The molecule has 2 aromatic heterocycles. The Morgan fingerprint density at radius 1 is 0.912 bits per heavy atom. The average Bonchev–Trinajstić information content (AvgIpc) is 3.16. The van der Waals surface area contributed by atoms with Crippen LogP contribution in [0.15, 0.2) is 54.6 Å². The fourth-order valence-corrected chi connectivity index (χ4v) is 3.23. The summed E-state index contributed by atoms with van der Waals surface area (Å²) in [6, 6.07) is 10.0. The Balaban J connectivity index is 1.75. The molecule has 5 nitrogen and oxygen atoms in total. The molecule has 0 atom stereocenters. The van der Waals surface area contributed by atoms with Gasteiger partial charge in [-0.3, -0.25) is 0 Å². The highest BCUT2D eigenvalue weighted by Gasteiger charge is 2.38. The van der Waals surface area contributed by atoms with Crippen molar-refractivity contribution in [1.82, 2.24) is 14.8 Å². The SMILES string of the molecule is CNc1cc2c(C(F)(F)F)nn(-c3ccc(F)cc3)c2nc1OCc1ccc(C(F)(F)F)cc1. The number of hydrogen-bond acceptors (Lipinski definition) is 4. The molecule has 0 amide bonds. The normalized spacial score (nSPS) is 12.2. The lowest BCUT2D eigenvalue weighted by Gasteiger charge is -2.12. The molecular formula is C22H15F7N4O. The van der Waals surface area contributed by atoms with Gasteiger partial charge in [0.05, 0.1) is 22.3 Å². The minimum absolute atomic E-state index is 0.0908. The van der Waals surface area contributed by atoms with Crippen molar-refractivity contribution in [2.75, 3.05) is 12.4 Å². The number of benzene rings is 2. The minimum atomic E-state index is -4.79. The highest BCUT2D eigenvalue weighted by Crippen LogP contribution is 2.38. The summed E-state index contributed by atoms with van der Waals surface area (Å²) in [4.78, 5) is 4.19. The molecule has 0 spiro atoms. The second-order valence-electron chi connectivity index (χ2n) is 7.18. The number of fused-ring (bicyclic) bond motifs is 1. The van der Waals surface area contributed by atoms with Crippen LogP contribution in [-0.4, -0.2) is 21.8 Å². The summed E-state index contributed by atoms with van der Waals surface area (Å²) in [6.45, 7) is -0.192. The van der Waals surface area contributed by atoms with Gasteiger partial charge >= 0.3 is 12.4 Å². The van der Waals surface area contributed by atoms with Gasteiger partial charge in [-0.15, -0.1) is 0 Å². The van der Waals surface area contributed by atoms with Gasteiger partial charge in [-0.2, -0.15) is 36.4 Å². The zero-order valence-electron chi connectivity index (χ0n) is 17.3. The molecule has 0 aliphatic heterocycles. The van der Waals surface area contributed by atoms with Crippen LogP contribution in [0, 0.1) is 5.82 Å². The number of ether oxygens (including phenoxy) is 1. The number of rotatable bonds is 5. The summed E-state index contributed by atoms with van der Waals surface area (Å²) in [7, 11) is 1.45. The van der Waals surface area contributed by atoms with Gasteiger partial charge in [-0.05, 0) is 48.0 Å². The number of pyridine rings is 1. The van der Waals surface area contributed by atoms with Gasteiger partial charge < -0.3 is 10.1 Å². The summed E-state index contributed by atoms with van der Waals surface area (Å²) in [6.07, 6.45) is -9.28. The maximum atomic E-state index is 13.6. The van der Waals surface area contributed by atoms with Gasteiger partial charge in [0, 0.05) is 7.05 Å². The van der Waals surface area contributed by atoms with E-state index in [9.17, 15) is 30.7 Å². The van der Waals surface area contributed by atoms with E-state index in [4.69, 9.17) is 4.74 Å². The summed E-state index contributed by atoms with van der Waals surface area (Å²) >= 11 is 0. The molecule has 34 heavy (non-hydrogen) atoms. The lowest BCUT2D eigenvalue weighted by atomic mass is 10.1. The summed E-state index contributed by atoms with van der Waals surface area (Å²) in [5, 5.41) is 6.03. The molecule has 2 heterocycles. The Morgan fingerprint density at radius 3 is 2.12 bits per heavy atom. The molecule has 0 bridgehead atoms. The Bertz CT molecular complexity index is 1310. The van der Waals surface area contributed by atoms with E-state index in [2.05, 4.69) is 15.4 Å². The predicted molar refractivity (Wildman–Crippen MR) is 109 cm³/mol. The molecule has 0 saturated heterocycles. The first-order valence-electron chi connectivity index (χ1n) is 9.71. The van der Waals surface area contributed by atoms with E-state index >= 15 is 0 Å². The van der Waals surface area contributed by atoms with Crippen molar-refractivity contribution in [3.8, 4) is 11.6 Å². The first kappa shape index (κ1) is 23.3. The molecule has 0 aliphatic rings. The molecule has 12 heteroatoms. The van der Waals surface area contributed by atoms with Crippen molar-refractivity contribution < 1.29 is 35.5 Å². The lowest BCUT2D eigenvalue weighted by molar-refractivity contribution is -0.140. The average molecular weight is 484 g/mol. The molecule has 0 unspecified atom stereocenters. The van der Waals surface area contributed by atoms with Crippen LogP contribution in [0.1, 0.15) is 16.8 Å². The third kappa shape index (κ3) is 4.61. The topological polar surface area (TPSA) is 52.0 Å². The molecule has 0 fully saturated rings. The van der Waals surface area contributed by atoms with Crippen molar-refractivity contribution >= 4 is 16.7 Å². The number of nitrogens with one attached hydrogen (secondary N) is 1. The van der Waals surface area contributed by atoms with Crippen LogP contribution in [0.4, 0.5) is 36.4 Å². The van der Waals surface area contributed by atoms with Crippen molar-refractivity contribution in [1.29, 1.82) is 0 Å². The van der Waals surface area contributed by atoms with Gasteiger partial charge in [0.2, 0.25) is 5.88 Å². The first-order valence-corrected chi connectivity index (χ1v) is 9.71. The number of aromatic nitrogens is 3. The van der Waals surface area contributed by atoms with Crippen LogP contribution in [0.25, 0.3) is 16.7 Å². The van der Waals surface area contributed by atoms with Gasteiger partial charge in [0.15, 0.2) is 11.3 Å². The van der Waals surface area contributed by atoms with Gasteiger partial charge in [0.25, 0.3) is 0 Å². The standard InChI is InChI=1S/C22H15F7N4O/c1-30-17-10-16-18(22(27,28)29)32-33(15-8-6-14(23)7-9-15)19(16)31-20(17)34-11-12-2-4-13(5-3-12)21(24,25)26/h2-10,30H,11H2,1H3. The number of hydrogen-bond donors (Lipinski definition) is 1. The van der Waals surface area contributed by atoms with E-state index in [1.165, 1.54) is 37.4 Å². The van der Waals surface area contributed by atoms with Crippen molar-refractivity contribution in [2.24, 2.45) is 0 Å². The van der Waals surface area contributed by atoms with Gasteiger partial charge in [-0.1, -0.05) is 12.1 Å². The number of nitrogens with zero attached hydrogens (tertiary/aromatic N) is 3. The fourth-order valence-electron chi connectivity index (χ4n) is 3.23. The maximum Gasteiger partial charge on any atom is 0.435 e. The van der Waals surface area contributed by atoms with Crippen LogP contribution >= 0.6 is 0 Å². The van der Waals surface area contributed by atoms with Crippen LogP contribution in [0.5, 0.6) is 5.88 Å². The third-order valence-corrected chi connectivity index (χ3v) is 4.89. The van der Waals surface area contributed by atoms with Crippen molar-refractivity contribution in [2.45, 2.75) is 19.0 Å². The zero-order chi connectivity index (χ0) is 24.7. The van der Waals surface area contributed by atoms with E-state index in [1.807, 2.05) is 0 Å². The van der Waals surface area contributed by atoms with Crippen molar-refractivity contribution in [3.63, 3.8) is 0 Å². The second-order valence-corrected chi connectivity index (χ2v) is 7.18. The van der Waals surface area contributed by atoms with Crippen LogP contribution in [0.2, 0.25) is 0 Å². The molecular weight excluding hydrogens is 469 g/mol. The minimum Gasteiger partial charge on any atom is -0.471 e. The molecule has 0 saturated carbocycles. The number of anilines is 1.